The highest BCUT2D eigenvalue weighted by Gasteiger charge is 2.05. The Morgan fingerprint density at radius 2 is 2.00 bits per heavy atom. The number of pyridine rings is 2. The molecule has 2 aromatic rings. The van der Waals surface area contributed by atoms with Gasteiger partial charge in [-0.25, -0.2) is 0 Å². The number of nitrogens with zero attached hydrogens (tertiary/aromatic N) is 2. The lowest BCUT2D eigenvalue weighted by Gasteiger charge is -2.11. The number of rotatable bonds is 3. The van der Waals surface area contributed by atoms with E-state index in [1.54, 1.807) is 24.8 Å². The highest BCUT2D eigenvalue weighted by atomic mass is 16.5. The molecule has 0 saturated carbocycles. The fraction of sp³-hybridized carbons (Fsp3) is 0.231. The van der Waals surface area contributed by atoms with E-state index < -0.39 is 0 Å². The number of hydrogen-bond acceptors (Lipinski definition) is 4. The Kier molecular flexibility index (Phi) is 3.23. The number of nitrogen functional groups attached to an aromatic ring is 1. The van der Waals surface area contributed by atoms with Gasteiger partial charge >= 0.3 is 0 Å². The second kappa shape index (κ2) is 4.82. The van der Waals surface area contributed by atoms with Crippen molar-refractivity contribution < 1.29 is 4.74 Å². The SMILES string of the molecule is CC(C)Oc1cncc(-c2ccncc2N)c1. The fourth-order valence-corrected chi connectivity index (χ4v) is 1.57. The summed E-state index contributed by atoms with van der Waals surface area (Å²) in [6.45, 7) is 3.96. The van der Waals surface area contributed by atoms with E-state index in [4.69, 9.17) is 10.5 Å². The highest BCUT2D eigenvalue weighted by Crippen LogP contribution is 2.26. The van der Waals surface area contributed by atoms with Crippen LogP contribution in [0.2, 0.25) is 0 Å². The van der Waals surface area contributed by atoms with Gasteiger partial charge in [0.25, 0.3) is 0 Å². The Bertz CT molecular complexity index is 512. The Hall–Kier alpha value is -2.10. The molecule has 0 aliphatic carbocycles. The average molecular weight is 229 g/mol. The molecular weight excluding hydrogens is 214 g/mol. The molecule has 0 amide bonds. The molecule has 17 heavy (non-hydrogen) atoms. The first-order valence-corrected chi connectivity index (χ1v) is 5.48. The van der Waals surface area contributed by atoms with E-state index in [2.05, 4.69) is 9.97 Å². The number of hydrogen-bond donors (Lipinski definition) is 1. The highest BCUT2D eigenvalue weighted by molar-refractivity contribution is 5.75. The van der Waals surface area contributed by atoms with Gasteiger partial charge in [0.1, 0.15) is 5.75 Å². The summed E-state index contributed by atoms with van der Waals surface area (Å²) in [5, 5.41) is 0. The van der Waals surface area contributed by atoms with Crippen LogP contribution in [0.4, 0.5) is 5.69 Å². The molecule has 0 aliphatic heterocycles. The van der Waals surface area contributed by atoms with Crippen LogP contribution in [0.1, 0.15) is 13.8 Å². The Morgan fingerprint density at radius 1 is 1.18 bits per heavy atom. The number of aromatic nitrogens is 2. The van der Waals surface area contributed by atoms with Crippen molar-refractivity contribution in [3.05, 3.63) is 36.9 Å². The summed E-state index contributed by atoms with van der Waals surface area (Å²) in [7, 11) is 0. The van der Waals surface area contributed by atoms with E-state index >= 15 is 0 Å². The maximum absolute atomic E-state index is 5.87. The van der Waals surface area contributed by atoms with Gasteiger partial charge in [0.15, 0.2) is 0 Å². The minimum Gasteiger partial charge on any atom is -0.489 e. The van der Waals surface area contributed by atoms with Gasteiger partial charge in [-0.15, -0.1) is 0 Å². The van der Waals surface area contributed by atoms with Crippen LogP contribution < -0.4 is 10.5 Å². The zero-order chi connectivity index (χ0) is 12.3. The quantitative estimate of drug-likeness (QED) is 0.878. The fourth-order valence-electron chi connectivity index (χ4n) is 1.57. The van der Waals surface area contributed by atoms with Crippen molar-refractivity contribution in [3.63, 3.8) is 0 Å². The van der Waals surface area contributed by atoms with E-state index in [0.717, 1.165) is 16.9 Å². The van der Waals surface area contributed by atoms with Crippen LogP contribution in [0.5, 0.6) is 5.75 Å². The summed E-state index contributed by atoms with van der Waals surface area (Å²) in [6, 6.07) is 3.80. The molecule has 2 N–H and O–H groups in total. The first-order chi connectivity index (χ1) is 8.16. The van der Waals surface area contributed by atoms with Crippen LogP contribution in [0, 0.1) is 0 Å². The third kappa shape index (κ3) is 2.72. The van der Waals surface area contributed by atoms with Crippen molar-refractivity contribution in [2.75, 3.05) is 5.73 Å². The van der Waals surface area contributed by atoms with Gasteiger partial charge in [0.2, 0.25) is 0 Å². The molecule has 0 bridgehead atoms. The molecule has 2 heterocycles. The minimum absolute atomic E-state index is 0.127. The van der Waals surface area contributed by atoms with Gasteiger partial charge < -0.3 is 10.5 Å². The van der Waals surface area contributed by atoms with Crippen molar-refractivity contribution >= 4 is 5.69 Å². The van der Waals surface area contributed by atoms with E-state index in [1.165, 1.54) is 0 Å². The monoisotopic (exact) mass is 229 g/mol. The summed E-state index contributed by atoms with van der Waals surface area (Å²) in [5.41, 5.74) is 8.36. The predicted molar refractivity (Wildman–Crippen MR) is 67.6 cm³/mol. The van der Waals surface area contributed by atoms with Gasteiger partial charge in [0, 0.05) is 23.5 Å². The predicted octanol–water partition coefficient (Wildman–Crippen LogP) is 2.51. The summed E-state index contributed by atoms with van der Waals surface area (Å²) < 4.78 is 5.60. The van der Waals surface area contributed by atoms with Crippen LogP contribution in [0.25, 0.3) is 11.1 Å². The van der Waals surface area contributed by atoms with Crippen LogP contribution >= 0.6 is 0 Å². The summed E-state index contributed by atoms with van der Waals surface area (Å²) in [4.78, 5) is 8.12. The molecule has 0 atom stereocenters. The largest absolute Gasteiger partial charge is 0.489 e. The first kappa shape index (κ1) is 11.4. The molecule has 88 valence electrons. The third-order valence-electron chi connectivity index (χ3n) is 2.25. The molecule has 0 aliphatic rings. The lowest BCUT2D eigenvalue weighted by atomic mass is 10.1. The van der Waals surface area contributed by atoms with Gasteiger partial charge in [-0.3, -0.25) is 9.97 Å². The van der Waals surface area contributed by atoms with E-state index in [9.17, 15) is 0 Å². The lowest BCUT2D eigenvalue weighted by molar-refractivity contribution is 0.241. The van der Waals surface area contributed by atoms with Gasteiger partial charge in [-0.05, 0) is 26.0 Å². The smallest absolute Gasteiger partial charge is 0.138 e. The average Bonchev–Trinajstić information content (AvgIpc) is 2.29. The number of ether oxygens (including phenoxy) is 1. The Morgan fingerprint density at radius 3 is 2.71 bits per heavy atom. The molecule has 0 radical (unpaired) electrons. The summed E-state index contributed by atoms with van der Waals surface area (Å²) in [5.74, 6) is 0.744. The standard InChI is InChI=1S/C13H15N3O/c1-9(2)17-11-5-10(6-16-7-11)12-3-4-15-8-13(12)14/h3-9H,14H2,1-2H3. The molecule has 0 fully saturated rings. The van der Waals surface area contributed by atoms with Gasteiger partial charge in [0.05, 0.1) is 24.2 Å². The van der Waals surface area contributed by atoms with E-state index in [1.807, 2.05) is 26.0 Å². The zero-order valence-electron chi connectivity index (χ0n) is 9.92. The van der Waals surface area contributed by atoms with Gasteiger partial charge in [-0.1, -0.05) is 0 Å². The minimum atomic E-state index is 0.127. The zero-order valence-corrected chi connectivity index (χ0v) is 9.92. The molecule has 4 nitrogen and oxygen atoms in total. The molecular formula is C13H15N3O. The van der Waals surface area contributed by atoms with Crippen molar-refractivity contribution in [1.29, 1.82) is 0 Å². The van der Waals surface area contributed by atoms with E-state index in [0.29, 0.717) is 5.69 Å². The summed E-state index contributed by atoms with van der Waals surface area (Å²) >= 11 is 0. The maximum Gasteiger partial charge on any atom is 0.138 e. The molecule has 2 rings (SSSR count). The Labute approximate surface area is 100 Å². The topological polar surface area (TPSA) is 61.0 Å². The second-order valence-electron chi connectivity index (χ2n) is 4.04. The molecule has 0 unspecified atom stereocenters. The number of nitrogens with two attached hydrogens (primary N) is 1. The van der Waals surface area contributed by atoms with Crippen molar-refractivity contribution in [2.45, 2.75) is 20.0 Å². The number of anilines is 1. The van der Waals surface area contributed by atoms with Crippen LogP contribution in [-0.2, 0) is 0 Å². The van der Waals surface area contributed by atoms with Crippen molar-refractivity contribution in [1.82, 2.24) is 9.97 Å². The van der Waals surface area contributed by atoms with Crippen LogP contribution in [0.15, 0.2) is 36.9 Å². The lowest BCUT2D eigenvalue weighted by Crippen LogP contribution is -2.05. The molecule has 0 saturated heterocycles. The van der Waals surface area contributed by atoms with Crippen LogP contribution in [0.3, 0.4) is 0 Å². The van der Waals surface area contributed by atoms with Crippen molar-refractivity contribution in [2.24, 2.45) is 0 Å². The van der Waals surface area contributed by atoms with Gasteiger partial charge in [-0.2, -0.15) is 0 Å². The Balaban J connectivity index is 2.37. The summed E-state index contributed by atoms with van der Waals surface area (Å²) in [6.07, 6.45) is 6.93. The van der Waals surface area contributed by atoms with Crippen molar-refractivity contribution in [3.8, 4) is 16.9 Å². The van der Waals surface area contributed by atoms with Crippen LogP contribution in [-0.4, -0.2) is 16.1 Å². The third-order valence-corrected chi connectivity index (χ3v) is 2.25. The molecule has 0 aromatic carbocycles. The maximum atomic E-state index is 5.87. The second-order valence-corrected chi connectivity index (χ2v) is 4.04. The molecule has 2 aromatic heterocycles. The first-order valence-electron chi connectivity index (χ1n) is 5.48. The molecule has 0 spiro atoms. The van der Waals surface area contributed by atoms with E-state index in [-0.39, 0.29) is 6.10 Å². The normalized spacial score (nSPS) is 10.5. The molecule has 4 heteroatoms.